The average Bonchev–Trinajstić information content (AvgIpc) is 2.43. The van der Waals surface area contributed by atoms with Gasteiger partial charge in [-0.2, -0.15) is 0 Å². The summed E-state index contributed by atoms with van der Waals surface area (Å²) in [6, 6.07) is 0. The van der Waals surface area contributed by atoms with Gasteiger partial charge in [0.15, 0.2) is 0 Å². The van der Waals surface area contributed by atoms with Gasteiger partial charge in [0.2, 0.25) is 5.78 Å². The number of imidazole rings is 1. The molecule has 0 amide bonds. The zero-order valence-corrected chi connectivity index (χ0v) is 7.57. The Kier molecular flexibility index (Phi) is 1.56. The molecule has 0 aromatic carbocycles. The second-order valence-electron chi connectivity index (χ2n) is 2.94. The van der Waals surface area contributed by atoms with Gasteiger partial charge in [0.05, 0.1) is 11.3 Å². The first kappa shape index (κ1) is 7.81. The van der Waals surface area contributed by atoms with Crippen LogP contribution in [0.4, 0.5) is 0 Å². The quantitative estimate of drug-likeness (QED) is 0.560. The van der Waals surface area contributed by atoms with Crippen molar-refractivity contribution in [1.29, 1.82) is 0 Å². The molecule has 0 N–H and O–H groups in total. The molecule has 0 fully saturated rings. The Morgan fingerprint density at radius 3 is 2.92 bits per heavy atom. The molecule has 2 rings (SSSR count). The second kappa shape index (κ2) is 2.60. The molecule has 0 aliphatic carbocycles. The Morgan fingerprint density at radius 2 is 2.23 bits per heavy atom. The van der Waals surface area contributed by atoms with E-state index in [1.807, 2.05) is 24.4 Å². The van der Waals surface area contributed by atoms with E-state index in [4.69, 9.17) is 6.42 Å². The lowest BCUT2D eigenvalue weighted by atomic mass is 10.3. The SMILES string of the molecule is C#Cc1cnc2nc(C)c(C)n2c1. The van der Waals surface area contributed by atoms with Crippen molar-refractivity contribution in [3.63, 3.8) is 0 Å². The largest absolute Gasteiger partial charge is 0.287 e. The minimum Gasteiger partial charge on any atom is -0.287 e. The number of rotatable bonds is 0. The van der Waals surface area contributed by atoms with E-state index in [0.717, 1.165) is 17.0 Å². The van der Waals surface area contributed by atoms with Gasteiger partial charge in [-0.15, -0.1) is 6.42 Å². The van der Waals surface area contributed by atoms with E-state index in [2.05, 4.69) is 15.9 Å². The van der Waals surface area contributed by atoms with Crippen LogP contribution in [0, 0.1) is 26.2 Å². The molecule has 0 unspecified atom stereocenters. The lowest BCUT2D eigenvalue weighted by Gasteiger charge is -1.95. The Hall–Kier alpha value is -1.82. The first-order chi connectivity index (χ1) is 6.22. The number of aryl methyl sites for hydroxylation is 2. The van der Waals surface area contributed by atoms with Crippen LogP contribution in [0.15, 0.2) is 12.4 Å². The van der Waals surface area contributed by atoms with E-state index in [1.165, 1.54) is 0 Å². The topological polar surface area (TPSA) is 30.2 Å². The van der Waals surface area contributed by atoms with Crippen molar-refractivity contribution in [2.75, 3.05) is 0 Å². The normalized spacial score (nSPS) is 10.2. The Morgan fingerprint density at radius 1 is 1.46 bits per heavy atom. The van der Waals surface area contributed by atoms with E-state index in [9.17, 15) is 0 Å². The number of fused-ring (bicyclic) bond motifs is 1. The molecular weight excluding hydrogens is 162 g/mol. The summed E-state index contributed by atoms with van der Waals surface area (Å²) in [4.78, 5) is 8.41. The smallest absolute Gasteiger partial charge is 0.234 e. The van der Waals surface area contributed by atoms with E-state index in [0.29, 0.717) is 5.78 Å². The third-order valence-electron chi connectivity index (χ3n) is 2.12. The van der Waals surface area contributed by atoms with Crippen LogP contribution in [0.1, 0.15) is 17.0 Å². The zero-order chi connectivity index (χ0) is 9.42. The number of nitrogens with zero attached hydrogens (tertiary/aromatic N) is 3. The van der Waals surface area contributed by atoms with E-state index in [-0.39, 0.29) is 0 Å². The van der Waals surface area contributed by atoms with Crippen molar-refractivity contribution in [3.8, 4) is 12.3 Å². The van der Waals surface area contributed by atoms with Crippen molar-refractivity contribution in [1.82, 2.24) is 14.4 Å². The van der Waals surface area contributed by atoms with Gasteiger partial charge in [0, 0.05) is 18.1 Å². The minimum atomic E-state index is 0.703. The van der Waals surface area contributed by atoms with Crippen molar-refractivity contribution < 1.29 is 0 Å². The van der Waals surface area contributed by atoms with Crippen molar-refractivity contribution in [3.05, 3.63) is 29.3 Å². The first-order valence-electron chi connectivity index (χ1n) is 4.00. The van der Waals surface area contributed by atoms with Crippen LogP contribution in [0.3, 0.4) is 0 Å². The standard InChI is InChI=1S/C10H9N3/c1-4-9-5-11-10-12-7(2)8(3)13(10)6-9/h1,5-6H,2-3H3. The molecule has 0 bridgehead atoms. The number of aromatic nitrogens is 3. The van der Waals surface area contributed by atoms with Crippen molar-refractivity contribution in [2.24, 2.45) is 0 Å². The molecule has 0 aliphatic heterocycles. The van der Waals surface area contributed by atoms with Crippen LogP contribution < -0.4 is 0 Å². The fraction of sp³-hybridized carbons (Fsp3) is 0.200. The molecule has 3 nitrogen and oxygen atoms in total. The highest BCUT2D eigenvalue weighted by Crippen LogP contribution is 2.09. The molecule has 0 saturated carbocycles. The van der Waals surface area contributed by atoms with Gasteiger partial charge < -0.3 is 0 Å². The van der Waals surface area contributed by atoms with Crippen LogP contribution in [0.5, 0.6) is 0 Å². The van der Waals surface area contributed by atoms with Gasteiger partial charge in [-0.3, -0.25) is 4.40 Å². The van der Waals surface area contributed by atoms with Crippen molar-refractivity contribution >= 4 is 5.78 Å². The molecule has 0 atom stereocenters. The molecule has 0 spiro atoms. The second-order valence-corrected chi connectivity index (χ2v) is 2.94. The predicted molar refractivity (Wildman–Crippen MR) is 50.4 cm³/mol. The third-order valence-corrected chi connectivity index (χ3v) is 2.12. The fourth-order valence-electron chi connectivity index (χ4n) is 1.23. The summed E-state index contributed by atoms with van der Waals surface area (Å²) < 4.78 is 1.91. The maximum atomic E-state index is 5.27. The van der Waals surface area contributed by atoms with Crippen LogP contribution in [0.2, 0.25) is 0 Å². The summed E-state index contributed by atoms with van der Waals surface area (Å²) >= 11 is 0. The van der Waals surface area contributed by atoms with Gasteiger partial charge in [-0.25, -0.2) is 9.97 Å². The highest BCUT2D eigenvalue weighted by molar-refractivity contribution is 5.39. The third kappa shape index (κ3) is 1.07. The molecular formula is C10H9N3. The summed E-state index contributed by atoms with van der Waals surface area (Å²) in [5.41, 5.74) is 2.84. The van der Waals surface area contributed by atoms with E-state index >= 15 is 0 Å². The van der Waals surface area contributed by atoms with Crippen LogP contribution in [0.25, 0.3) is 5.78 Å². The van der Waals surface area contributed by atoms with Crippen molar-refractivity contribution in [2.45, 2.75) is 13.8 Å². The fourth-order valence-corrected chi connectivity index (χ4v) is 1.23. The highest BCUT2D eigenvalue weighted by atomic mass is 15.1. The van der Waals surface area contributed by atoms with Gasteiger partial charge in [-0.05, 0) is 13.8 Å². The lowest BCUT2D eigenvalue weighted by Crippen LogP contribution is -1.91. The van der Waals surface area contributed by atoms with Crippen LogP contribution >= 0.6 is 0 Å². The Labute approximate surface area is 76.4 Å². The molecule has 0 aliphatic rings. The average molecular weight is 171 g/mol. The molecule has 13 heavy (non-hydrogen) atoms. The molecule has 2 aromatic heterocycles. The molecule has 3 heteroatoms. The summed E-state index contributed by atoms with van der Waals surface area (Å²) in [7, 11) is 0. The van der Waals surface area contributed by atoms with E-state index in [1.54, 1.807) is 6.20 Å². The number of terminal acetylenes is 1. The Bertz CT molecular complexity index is 503. The number of hydrogen-bond donors (Lipinski definition) is 0. The van der Waals surface area contributed by atoms with Crippen LogP contribution in [-0.2, 0) is 0 Å². The maximum absolute atomic E-state index is 5.27. The summed E-state index contributed by atoms with van der Waals surface area (Å²) in [6.45, 7) is 3.96. The summed E-state index contributed by atoms with van der Waals surface area (Å²) in [6.07, 6.45) is 8.80. The Balaban J connectivity index is 2.84. The molecule has 64 valence electrons. The van der Waals surface area contributed by atoms with Gasteiger partial charge in [0.25, 0.3) is 0 Å². The highest BCUT2D eigenvalue weighted by Gasteiger charge is 2.04. The van der Waals surface area contributed by atoms with Gasteiger partial charge in [-0.1, -0.05) is 5.92 Å². The summed E-state index contributed by atoms with van der Waals surface area (Å²) in [5.74, 6) is 3.25. The van der Waals surface area contributed by atoms with E-state index < -0.39 is 0 Å². The van der Waals surface area contributed by atoms with Gasteiger partial charge >= 0.3 is 0 Å². The minimum absolute atomic E-state index is 0.703. The zero-order valence-electron chi connectivity index (χ0n) is 7.57. The molecule has 2 aromatic rings. The molecule has 0 saturated heterocycles. The predicted octanol–water partition coefficient (Wildman–Crippen LogP) is 1.33. The van der Waals surface area contributed by atoms with Crippen LogP contribution in [-0.4, -0.2) is 14.4 Å². The van der Waals surface area contributed by atoms with Gasteiger partial charge in [0.1, 0.15) is 0 Å². The maximum Gasteiger partial charge on any atom is 0.234 e. The first-order valence-corrected chi connectivity index (χ1v) is 4.00. The monoisotopic (exact) mass is 171 g/mol. The lowest BCUT2D eigenvalue weighted by molar-refractivity contribution is 1.05. The number of hydrogen-bond acceptors (Lipinski definition) is 2. The molecule has 2 heterocycles. The molecule has 0 radical (unpaired) electrons. The summed E-state index contributed by atoms with van der Waals surface area (Å²) in [5, 5.41) is 0.